The van der Waals surface area contributed by atoms with Gasteiger partial charge in [0, 0.05) is 6.04 Å². The summed E-state index contributed by atoms with van der Waals surface area (Å²) in [6.45, 7) is 2.90. The van der Waals surface area contributed by atoms with Crippen molar-refractivity contribution < 1.29 is 27.5 Å². The molecule has 0 aromatic heterocycles. The molecule has 2 aromatic carbocycles. The van der Waals surface area contributed by atoms with Gasteiger partial charge in [-0.25, -0.2) is 17.9 Å². The fourth-order valence-electron chi connectivity index (χ4n) is 2.34. The van der Waals surface area contributed by atoms with Gasteiger partial charge in [-0.1, -0.05) is 18.2 Å². The minimum atomic E-state index is -3.74. The van der Waals surface area contributed by atoms with Crippen LogP contribution in [0, 0.1) is 0 Å². The summed E-state index contributed by atoms with van der Waals surface area (Å²) < 4.78 is 37.0. The lowest BCUT2D eigenvalue weighted by Crippen LogP contribution is -2.30. The Morgan fingerprint density at radius 1 is 1.07 bits per heavy atom. The van der Waals surface area contributed by atoms with Crippen LogP contribution in [0.3, 0.4) is 0 Å². The number of Topliss-reactive ketones (excluding diaryl/α,β-unsaturated/α-hetero) is 1. The lowest BCUT2D eigenvalue weighted by atomic mass is 10.1. The molecular weight excluding hydrogens is 370 g/mol. The van der Waals surface area contributed by atoms with Gasteiger partial charge in [0.1, 0.15) is 5.75 Å². The minimum absolute atomic E-state index is 0.0365. The molecule has 2 aromatic rings. The third kappa shape index (κ3) is 5.38. The maximum absolute atomic E-state index is 12.2. The van der Waals surface area contributed by atoms with Gasteiger partial charge in [0.15, 0.2) is 6.61 Å². The standard InChI is InChI=1S/C19H21NO6S/c1-13(2)20-27(23,24)15-8-6-7-14(11-15)19(22)26-12-17(21)16-9-4-5-10-18(16)25-3/h4-11,13,20H,12H2,1-3H3. The summed E-state index contributed by atoms with van der Waals surface area (Å²) in [6, 6.07) is 11.8. The SMILES string of the molecule is COc1ccccc1C(=O)COC(=O)c1cccc(S(=O)(=O)NC(C)C)c1. The lowest BCUT2D eigenvalue weighted by molar-refractivity contribution is 0.0473. The van der Waals surface area contributed by atoms with E-state index in [4.69, 9.17) is 9.47 Å². The predicted octanol–water partition coefficient (Wildman–Crippen LogP) is 2.42. The molecular formula is C19H21NO6S. The van der Waals surface area contributed by atoms with Crippen LogP contribution in [0.5, 0.6) is 5.75 Å². The van der Waals surface area contributed by atoms with E-state index in [1.54, 1.807) is 38.1 Å². The molecule has 0 amide bonds. The molecule has 7 nitrogen and oxygen atoms in total. The largest absolute Gasteiger partial charge is 0.496 e. The van der Waals surface area contributed by atoms with Crippen LogP contribution in [-0.4, -0.2) is 39.9 Å². The highest BCUT2D eigenvalue weighted by Crippen LogP contribution is 2.18. The third-order valence-electron chi connectivity index (χ3n) is 3.51. The van der Waals surface area contributed by atoms with Crippen LogP contribution in [0.4, 0.5) is 0 Å². The molecule has 0 fully saturated rings. The first-order valence-corrected chi connectivity index (χ1v) is 9.68. The van der Waals surface area contributed by atoms with E-state index in [0.29, 0.717) is 11.3 Å². The quantitative estimate of drug-likeness (QED) is 0.548. The fourth-order valence-corrected chi connectivity index (χ4v) is 3.63. The number of methoxy groups -OCH3 is 1. The molecule has 0 radical (unpaired) electrons. The zero-order chi connectivity index (χ0) is 20.0. The summed E-state index contributed by atoms with van der Waals surface area (Å²) in [6.07, 6.45) is 0. The van der Waals surface area contributed by atoms with Crippen molar-refractivity contribution in [1.82, 2.24) is 4.72 Å². The maximum Gasteiger partial charge on any atom is 0.338 e. The molecule has 0 saturated heterocycles. The maximum atomic E-state index is 12.2. The Morgan fingerprint density at radius 2 is 1.78 bits per heavy atom. The molecule has 144 valence electrons. The highest BCUT2D eigenvalue weighted by molar-refractivity contribution is 7.89. The lowest BCUT2D eigenvalue weighted by Gasteiger charge is -2.11. The van der Waals surface area contributed by atoms with E-state index in [1.807, 2.05) is 0 Å². The zero-order valence-corrected chi connectivity index (χ0v) is 16.1. The van der Waals surface area contributed by atoms with Crippen LogP contribution in [0.15, 0.2) is 53.4 Å². The number of hydrogen-bond donors (Lipinski definition) is 1. The summed E-state index contributed by atoms with van der Waals surface area (Å²) in [5, 5.41) is 0. The van der Waals surface area contributed by atoms with Crippen molar-refractivity contribution in [2.24, 2.45) is 0 Å². The number of carbonyl (C=O) groups excluding carboxylic acids is 2. The van der Waals surface area contributed by atoms with E-state index in [1.165, 1.54) is 31.4 Å². The summed E-state index contributed by atoms with van der Waals surface area (Å²) in [4.78, 5) is 24.4. The molecule has 0 saturated carbocycles. The second kappa shape index (κ2) is 8.79. The summed E-state index contributed by atoms with van der Waals surface area (Å²) >= 11 is 0. The number of hydrogen-bond acceptors (Lipinski definition) is 6. The molecule has 27 heavy (non-hydrogen) atoms. The van der Waals surface area contributed by atoms with Crippen molar-refractivity contribution in [2.75, 3.05) is 13.7 Å². The van der Waals surface area contributed by atoms with Crippen LogP contribution in [0.2, 0.25) is 0 Å². The van der Waals surface area contributed by atoms with Gasteiger partial charge in [-0.3, -0.25) is 4.79 Å². The minimum Gasteiger partial charge on any atom is -0.496 e. The van der Waals surface area contributed by atoms with E-state index in [9.17, 15) is 18.0 Å². The number of esters is 1. The first-order valence-electron chi connectivity index (χ1n) is 8.20. The van der Waals surface area contributed by atoms with Gasteiger partial charge in [0.25, 0.3) is 0 Å². The molecule has 1 N–H and O–H groups in total. The summed E-state index contributed by atoms with van der Waals surface area (Å²) in [5.41, 5.74) is 0.333. The molecule has 2 rings (SSSR count). The first kappa shape index (κ1) is 20.6. The van der Waals surface area contributed by atoms with Gasteiger partial charge in [-0.2, -0.15) is 0 Å². The van der Waals surface area contributed by atoms with Crippen molar-refractivity contribution in [3.63, 3.8) is 0 Å². The number of para-hydroxylation sites is 1. The van der Waals surface area contributed by atoms with Crippen LogP contribution in [0.25, 0.3) is 0 Å². The Kier molecular flexibility index (Phi) is 6.70. The topological polar surface area (TPSA) is 98.8 Å². The average Bonchev–Trinajstić information content (AvgIpc) is 2.64. The third-order valence-corrected chi connectivity index (χ3v) is 5.17. The molecule has 0 spiro atoms. The Morgan fingerprint density at radius 3 is 2.44 bits per heavy atom. The molecule has 0 heterocycles. The van der Waals surface area contributed by atoms with E-state index >= 15 is 0 Å². The van der Waals surface area contributed by atoms with E-state index in [0.717, 1.165) is 0 Å². The van der Waals surface area contributed by atoms with Gasteiger partial charge < -0.3 is 9.47 Å². The second-order valence-corrected chi connectivity index (χ2v) is 7.72. The normalized spacial score (nSPS) is 11.3. The highest BCUT2D eigenvalue weighted by Gasteiger charge is 2.19. The molecule has 8 heteroatoms. The predicted molar refractivity (Wildman–Crippen MR) is 99.5 cm³/mol. The highest BCUT2D eigenvalue weighted by atomic mass is 32.2. The van der Waals surface area contributed by atoms with Crippen molar-refractivity contribution >= 4 is 21.8 Å². The van der Waals surface area contributed by atoms with E-state index in [2.05, 4.69) is 4.72 Å². The van der Waals surface area contributed by atoms with Gasteiger partial charge in [0.05, 0.1) is 23.1 Å². The number of ketones is 1. The van der Waals surface area contributed by atoms with Crippen molar-refractivity contribution in [2.45, 2.75) is 24.8 Å². The van der Waals surface area contributed by atoms with E-state index in [-0.39, 0.29) is 16.5 Å². The Hall–Kier alpha value is -2.71. The first-order chi connectivity index (χ1) is 12.7. The number of carbonyl (C=O) groups is 2. The average molecular weight is 391 g/mol. The molecule has 0 unspecified atom stereocenters. The smallest absolute Gasteiger partial charge is 0.338 e. The Labute approximate surface area is 158 Å². The monoisotopic (exact) mass is 391 g/mol. The van der Waals surface area contributed by atoms with Crippen molar-refractivity contribution in [3.8, 4) is 5.75 Å². The molecule has 0 aliphatic heterocycles. The molecule has 0 aliphatic rings. The zero-order valence-electron chi connectivity index (χ0n) is 15.3. The van der Waals surface area contributed by atoms with Crippen LogP contribution >= 0.6 is 0 Å². The van der Waals surface area contributed by atoms with Gasteiger partial charge >= 0.3 is 5.97 Å². The summed E-state index contributed by atoms with van der Waals surface area (Å²) in [5.74, 6) is -0.836. The molecule has 0 aliphatic carbocycles. The van der Waals surface area contributed by atoms with E-state index < -0.39 is 28.4 Å². The van der Waals surface area contributed by atoms with Crippen molar-refractivity contribution in [3.05, 3.63) is 59.7 Å². The van der Waals surface area contributed by atoms with Crippen molar-refractivity contribution in [1.29, 1.82) is 0 Å². The van der Waals surface area contributed by atoms with Crippen LogP contribution < -0.4 is 9.46 Å². The van der Waals surface area contributed by atoms with Crippen LogP contribution in [0.1, 0.15) is 34.6 Å². The number of benzene rings is 2. The Bertz CT molecular complexity index is 937. The number of ether oxygens (including phenoxy) is 2. The number of nitrogens with one attached hydrogen (secondary N) is 1. The summed E-state index contributed by atoms with van der Waals surface area (Å²) in [7, 11) is -2.30. The fraction of sp³-hybridized carbons (Fsp3) is 0.263. The molecule has 0 bridgehead atoms. The second-order valence-electron chi connectivity index (χ2n) is 6.00. The Balaban J connectivity index is 2.11. The number of rotatable bonds is 8. The number of sulfonamides is 1. The molecule has 0 atom stereocenters. The van der Waals surface area contributed by atoms with Crippen LogP contribution in [-0.2, 0) is 14.8 Å². The van der Waals surface area contributed by atoms with Gasteiger partial charge in [-0.05, 0) is 44.2 Å². The van der Waals surface area contributed by atoms with Gasteiger partial charge in [-0.15, -0.1) is 0 Å². The van der Waals surface area contributed by atoms with Gasteiger partial charge in [0.2, 0.25) is 15.8 Å².